The summed E-state index contributed by atoms with van der Waals surface area (Å²) in [5, 5.41) is 10.1. The zero-order chi connectivity index (χ0) is 14.8. The first-order valence-corrected chi connectivity index (χ1v) is 7.14. The molecule has 0 radical (unpaired) electrons. The van der Waals surface area contributed by atoms with E-state index in [9.17, 15) is 4.79 Å². The molecule has 0 unspecified atom stereocenters. The molecule has 2 N–H and O–H groups in total. The minimum absolute atomic E-state index is 0.128. The first kappa shape index (κ1) is 13.8. The van der Waals surface area contributed by atoms with Gasteiger partial charge in [-0.05, 0) is 49.6 Å². The van der Waals surface area contributed by atoms with E-state index in [0.717, 1.165) is 28.1 Å². The Labute approximate surface area is 123 Å². The van der Waals surface area contributed by atoms with E-state index in [1.54, 1.807) is 7.11 Å². The molecule has 1 aromatic heterocycles. The number of aromatic amines is 1. The fourth-order valence-electron chi connectivity index (χ4n) is 2.30. The topological polar surface area (TPSA) is 67.0 Å². The van der Waals surface area contributed by atoms with Gasteiger partial charge in [-0.25, -0.2) is 5.10 Å². The lowest BCUT2D eigenvalue weighted by Crippen LogP contribution is -2.23. The van der Waals surface area contributed by atoms with Gasteiger partial charge in [0.05, 0.1) is 12.8 Å². The average Bonchev–Trinajstić information content (AvgIpc) is 3.30. The summed E-state index contributed by atoms with van der Waals surface area (Å²) >= 11 is 0. The lowest BCUT2D eigenvalue weighted by molar-refractivity contribution is 0.412. The predicted molar refractivity (Wildman–Crippen MR) is 81.4 cm³/mol. The average molecular weight is 285 g/mol. The highest BCUT2D eigenvalue weighted by Crippen LogP contribution is 2.24. The van der Waals surface area contributed by atoms with Crippen LogP contribution in [0.15, 0.2) is 29.1 Å². The van der Waals surface area contributed by atoms with Crippen LogP contribution < -0.4 is 15.6 Å². The Morgan fingerprint density at radius 1 is 1.38 bits per heavy atom. The number of ether oxygens (including phenoxy) is 1. The summed E-state index contributed by atoms with van der Waals surface area (Å²) in [5.74, 6) is 0.846. The molecule has 1 heterocycles. The van der Waals surface area contributed by atoms with Gasteiger partial charge in [0.2, 0.25) is 0 Å². The van der Waals surface area contributed by atoms with Crippen molar-refractivity contribution in [1.29, 1.82) is 0 Å². The van der Waals surface area contributed by atoms with Crippen LogP contribution in [0.2, 0.25) is 0 Å². The number of nitrogens with one attached hydrogen (secondary N) is 2. The first-order chi connectivity index (χ1) is 10.2. The highest BCUT2D eigenvalue weighted by molar-refractivity contribution is 5.62. The number of benzene rings is 1. The largest absolute Gasteiger partial charge is 0.496 e. The number of H-pyrrole nitrogens is 1. The fourth-order valence-corrected chi connectivity index (χ4v) is 2.30. The van der Waals surface area contributed by atoms with Crippen molar-refractivity contribution in [3.8, 4) is 17.0 Å². The summed E-state index contributed by atoms with van der Waals surface area (Å²) in [4.78, 5) is 11.8. The quantitative estimate of drug-likeness (QED) is 0.882. The number of nitrogens with zero attached hydrogens (tertiary/aromatic N) is 1. The minimum Gasteiger partial charge on any atom is -0.496 e. The summed E-state index contributed by atoms with van der Waals surface area (Å²) in [6, 6.07) is 8.31. The van der Waals surface area contributed by atoms with E-state index in [0.29, 0.717) is 12.6 Å². The molecule has 0 aliphatic heterocycles. The maximum absolute atomic E-state index is 11.8. The van der Waals surface area contributed by atoms with Crippen molar-refractivity contribution in [3.63, 3.8) is 0 Å². The smallest absolute Gasteiger partial charge is 0.268 e. The Morgan fingerprint density at radius 3 is 2.86 bits per heavy atom. The van der Waals surface area contributed by atoms with E-state index in [1.807, 2.05) is 31.2 Å². The molecule has 0 spiro atoms. The Kier molecular flexibility index (Phi) is 3.75. The van der Waals surface area contributed by atoms with Crippen molar-refractivity contribution < 1.29 is 4.74 Å². The number of hydrogen-bond acceptors (Lipinski definition) is 4. The maximum Gasteiger partial charge on any atom is 0.268 e. The number of rotatable bonds is 5. The van der Waals surface area contributed by atoms with Gasteiger partial charge in [-0.15, -0.1) is 0 Å². The van der Waals surface area contributed by atoms with Crippen LogP contribution in [-0.2, 0) is 6.54 Å². The molecular formula is C16H19N3O2. The lowest BCUT2D eigenvalue weighted by Gasteiger charge is -2.08. The van der Waals surface area contributed by atoms with E-state index in [1.165, 1.54) is 12.8 Å². The number of hydrogen-bond donors (Lipinski definition) is 2. The fraction of sp³-hybridized carbons (Fsp3) is 0.375. The molecule has 0 saturated heterocycles. The van der Waals surface area contributed by atoms with Crippen LogP contribution in [0.1, 0.15) is 24.0 Å². The van der Waals surface area contributed by atoms with Gasteiger partial charge in [0.1, 0.15) is 5.75 Å². The molecule has 5 heteroatoms. The van der Waals surface area contributed by atoms with E-state index >= 15 is 0 Å². The van der Waals surface area contributed by atoms with E-state index in [-0.39, 0.29) is 5.56 Å². The second kappa shape index (κ2) is 5.69. The van der Waals surface area contributed by atoms with Gasteiger partial charge >= 0.3 is 0 Å². The van der Waals surface area contributed by atoms with Gasteiger partial charge in [-0.1, -0.05) is 0 Å². The van der Waals surface area contributed by atoms with Crippen LogP contribution in [0, 0.1) is 6.92 Å². The molecule has 110 valence electrons. The third kappa shape index (κ3) is 3.13. The van der Waals surface area contributed by atoms with Crippen LogP contribution in [0.25, 0.3) is 11.3 Å². The van der Waals surface area contributed by atoms with Gasteiger partial charge < -0.3 is 10.1 Å². The second-order valence-electron chi connectivity index (χ2n) is 5.45. The van der Waals surface area contributed by atoms with Gasteiger partial charge in [0, 0.05) is 23.7 Å². The van der Waals surface area contributed by atoms with Crippen LogP contribution in [0.4, 0.5) is 0 Å². The van der Waals surface area contributed by atoms with Crippen LogP contribution in [-0.4, -0.2) is 23.3 Å². The Morgan fingerprint density at radius 2 is 2.19 bits per heavy atom. The van der Waals surface area contributed by atoms with E-state index < -0.39 is 0 Å². The molecule has 1 aromatic carbocycles. The molecule has 21 heavy (non-hydrogen) atoms. The summed E-state index contributed by atoms with van der Waals surface area (Å²) in [6.45, 7) is 2.58. The lowest BCUT2D eigenvalue weighted by atomic mass is 10.1. The van der Waals surface area contributed by atoms with Crippen molar-refractivity contribution in [3.05, 3.63) is 45.7 Å². The van der Waals surface area contributed by atoms with Gasteiger partial charge in [0.25, 0.3) is 5.56 Å². The van der Waals surface area contributed by atoms with E-state index in [4.69, 9.17) is 4.74 Å². The van der Waals surface area contributed by atoms with Gasteiger partial charge in [-0.2, -0.15) is 5.10 Å². The monoisotopic (exact) mass is 285 g/mol. The number of aromatic nitrogens is 2. The predicted octanol–water partition coefficient (Wildman–Crippen LogP) is 2.01. The Balaban J connectivity index is 1.88. The normalized spacial score (nSPS) is 14.2. The molecule has 1 fully saturated rings. The zero-order valence-corrected chi connectivity index (χ0v) is 12.3. The first-order valence-electron chi connectivity index (χ1n) is 7.14. The van der Waals surface area contributed by atoms with Crippen LogP contribution >= 0.6 is 0 Å². The molecular weight excluding hydrogens is 266 g/mol. The molecule has 1 saturated carbocycles. The molecule has 5 nitrogen and oxygen atoms in total. The Hall–Kier alpha value is -2.14. The highest BCUT2D eigenvalue weighted by atomic mass is 16.5. The van der Waals surface area contributed by atoms with Crippen molar-refractivity contribution in [2.45, 2.75) is 32.4 Å². The third-order valence-electron chi connectivity index (χ3n) is 3.73. The van der Waals surface area contributed by atoms with Crippen molar-refractivity contribution in [1.82, 2.24) is 15.5 Å². The standard InChI is InChI=1S/C16H19N3O2/c1-10-7-11(3-6-15(10)21-2)14-8-12(16(20)19-18-14)9-17-13-4-5-13/h3,6-8,13,17H,4-5,9H2,1-2H3,(H,19,20). The van der Waals surface area contributed by atoms with Gasteiger partial charge in [-0.3, -0.25) is 4.79 Å². The zero-order valence-electron chi connectivity index (χ0n) is 12.3. The summed E-state index contributed by atoms with van der Waals surface area (Å²) < 4.78 is 5.26. The summed E-state index contributed by atoms with van der Waals surface area (Å²) in [6.07, 6.45) is 2.40. The summed E-state index contributed by atoms with van der Waals surface area (Å²) in [7, 11) is 1.65. The van der Waals surface area contributed by atoms with E-state index in [2.05, 4.69) is 15.5 Å². The van der Waals surface area contributed by atoms with Crippen LogP contribution in [0.3, 0.4) is 0 Å². The number of aryl methyl sites for hydroxylation is 1. The molecule has 3 rings (SSSR count). The second-order valence-corrected chi connectivity index (χ2v) is 5.45. The number of methoxy groups -OCH3 is 1. The minimum atomic E-state index is -0.128. The SMILES string of the molecule is COc1ccc(-c2cc(CNC3CC3)c(=O)[nH]n2)cc1C. The highest BCUT2D eigenvalue weighted by Gasteiger charge is 2.20. The molecule has 0 bridgehead atoms. The van der Waals surface area contributed by atoms with Crippen LogP contribution in [0.5, 0.6) is 5.75 Å². The third-order valence-corrected chi connectivity index (χ3v) is 3.73. The summed E-state index contributed by atoms with van der Waals surface area (Å²) in [5.41, 5.74) is 3.38. The Bertz CT molecular complexity index is 705. The van der Waals surface area contributed by atoms with Crippen molar-refractivity contribution in [2.75, 3.05) is 7.11 Å². The van der Waals surface area contributed by atoms with Crippen molar-refractivity contribution in [2.24, 2.45) is 0 Å². The molecule has 1 aliphatic carbocycles. The molecule has 2 aromatic rings. The maximum atomic E-state index is 11.8. The van der Waals surface area contributed by atoms with Gasteiger partial charge in [0.15, 0.2) is 0 Å². The molecule has 1 aliphatic rings. The van der Waals surface area contributed by atoms with Crippen molar-refractivity contribution >= 4 is 0 Å². The molecule has 0 amide bonds. The molecule has 0 atom stereocenters.